The summed E-state index contributed by atoms with van der Waals surface area (Å²) < 4.78 is 7.52. The van der Waals surface area contributed by atoms with E-state index in [2.05, 4.69) is 34.9 Å². The number of hydrogen-bond donors (Lipinski definition) is 2. The summed E-state index contributed by atoms with van der Waals surface area (Å²) in [5.41, 5.74) is 12.2. The number of morpholine rings is 1. The second kappa shape index (κ2) is 7.87. The number of nitrogens with zero attached hydrogens (tertiary/aromatic N) is 5. The molecule has 1 atom stereocenters. The van der Waals surface area contributed by atoms with Gasteiger partial charge in [0.25, 0.3) is 0 Å². The van der Waals surface area contributed by atoms with Gasteiger partial charge in [-0.25, -0.2) is 4.98 Å². The minimum absolute atomic E-state index is 0.210. The summed E-state index contributed by atoms with van der Waals surface area (Å²) >= 11 is 0. The largest absolute Gasteiger partial charge is 0.397 e. The molecule has 0 unspecified atom stereocenters. The molecule has 0 saturated carbocycles. The van der Waals surface area contributed by atoms with Crippen LogP contribution in [0.4, 0.5) is 5.82 Å². The van der Waals surface area contributed by atoms with Gasteiger partial charge in [-0.3, -0.25) is 9.67 Å². The highest BCUT2D eigenvalue weighted by atomic mass is 16.5. The first-order valence-corrected chi connectivity index (χ1v) is 10.0. The zero-order valence-electron chi connectivity index (χ0n) is 17.8. The molecular weight excluding hydrogens is 378 g/mol. The Morgan fingerprint density at radius 2 is 2.17 bits per heavy atom. The van der Waals surface area contributed by atoms with Crippen LogP contribution >= 0.6 is 0 Å². The van der Waals surface area contributed by atoms with Gasteiger partial charge in [0, 0.05) is 42.6 Å². The van der Waals surface area contributed by atoms with Gasteiger partial charge >= 0.3 is 0 Å². The van der Waals surface area contributed by atoms with Gasteiger partial charge in [-0.15, -0.1) is 0 Å². The van der Waals surface area contributed by atoms with E-state index in [9.17, 15) is 0 Å². The van der Waals surface area contributed by atoms with Crippen LogP contribution in [0.1, 0.15) is 24.0 Å². The molecule has 3 aromatic rings. The molecule has 1 fully saturated rings. The smallest absolute Gasteiger partial charge is 0.130 e. The Morgan fingerprint density at radius 3 is 2.83 bits per heavy atom. The number of rotatable bonds is 4. The van der Waals surface area contributed by atoms with Crippen LogP contribution in [-0.4, -0.2) is 51.8 Å². The minimum Gasteiger partial charge on any atom is -0.397 e. The molecule has 1 aliphatic rings. The van der Waals surface area contributed by atoms with Crippen molar-refractivity contribution in [3.05, 3.63) is 41.5 Å². The van der Waals surface area contributed by atoms with E-state index in [0.29, 0.717) is 24.6 Å². The average Bonchev–Trinajstić information content (AvgIpc) is 2.98. The van der Waals surface area contributed by atoms with Gasteiger partial charge in [0.2, 0.25) is 0 Å². The van der Waals surface area contributed by atoms with Crippen LogP contribution in [0.2, 0.25) is 0 Å². The van der Waals surface area contributed by atoms with Crippen molar-refractivity contribution in [2.75, 3.05) is 24.7 Å². The molecule has 1 aliphatic heterocycles. The number of ether oxygens (including phenoxy) is 1. The van der Waals surface area contributed by atoms with Crippen molar-refractivity contribution < 1.29 is 4.74 Å². The van der Waals surface area contributed by atoms with Crippen molar-refractivity contribution in [1.29, 1.82) is 5.41 Å². The molecule has 8 nitrogen and oxygen atoms in total. The van der Waals surface area contributed by atoms with E-state index in [1.54, 1.807) is 6.20 Å². The Balaban J connectivity index is 2.05. The first-order valence-electron chi connectivity index (χ1n) is 10.0. The van der Waals surface area contributed by atoms with Gasteiger partial charge in [0.1, 0.15) is 17.0 Å². The second-order valence-corrected chi connectivity index (χ2v) is 7.66. The average molecular weight is 406 g/mol. The van der Waals surface area contributed by atoms with E-state index < -0.39 is 0 Å². The lowest BCUT2D eigenvalue weighted by molar-refractivity contribution is 0.0986. The molecule has 0 amide bonds. The fourth-order valence-electron chi connectivity index (χ4n) is 4.10. The van der Waals surface area contributed by atoms with Crippen LogP contribution in [0.3, 0.4) is 0 Å². The number of allylic oxidation sites excluding steroid dienone is 1. The molecule has 0 aliphatic carbocycles. The van der Waals surface area contributed by atoms with Crippen LogP contribution in [0, 0.1) is 19.3 Å². The van der Waals surface area contributed by atoms with Gasteiger partial charge in [-0.2, -0.15) is 5.10 Å². The fourth-order valence-corrected chi connectivity index (χ4v) is 4.10. The van der Waals surface area contributed by atoms with E-state index in [-0.39, 0.29) is 6.04 Å². The standard InChI is InChI=1S/C22H27N7O/c1-13-12-30-10-9-29(13)19-11-17(20-14(2)27-28(4)15(20)3)16-6-8-25-22(21(16)26-19)18(24)5-7-23/h5-8,11,13,23H,9-10,12,24H2,1-4H3/b18-5-,23-7?/t13-/m1/s1. The SMILES string of the molecule is Cc1nn(C)c(C)c1-c1cc(N2CCOC[C@H]2C)nc2c(/C(N)=C/C=N)nccc12. The highest BCUT2D eigenvalue weighted by Crippen LogP contribution is 2.37. The monoisotopic (exact) mass is 405 g/mol. The maximum absolute atomic E-state index is 7.39. The fraction of sp³-hybridized carbons (Fsp3) is 0.364. The summed E-state index contributed by atoms with van der Waals surface area (Å²) in [4.78, 5) is 11.7. The molecule has 4 rings (SSSR count). The third-order valence-electron chi connectivity index (χ3n) is 5.69. The van der Waals surface area contributed by atoms with Crippen LogP contribution in [0.5, 0.6) is 0 Å². The van der Waals surface area contributed by atoms with E-state index in [1.165, 1.54) is 12.3 Å². The number of hydrogen-bond acceptors (Lipinski definition) is 7. The van der Waals surface area contributed by atoms with Crippen molar-refractivity contribution in [3.8, 4) is 11.1 Å². The predicted molar refractivity (Wildman–Crippen MR) is 120 cm³/mol. The second-order valence-electron chi connectivity index (χ2n) is 7.66. The molecule has 0 radical (unpaired) electrons. The van der Waals surface area contributed by atoms with Gasteiger partial charge in [0.15, 0.2) is 0 Å². The number of aryl methyl sites for hydroxylation is 2. The summed E-state index contributed by atoms with van der Waals surface area (Å²) in [7, 11) is 1.96. The van der Waals surface area contributed by atoms with Crippen molar-refractivity contribution in [3.63, 3.8) is 0 Å². The third kappa shape index (κ3) is 3.33. The van der Waals surface area contributed by atoms with Crippen LogP contribution in [0.15, 0.2) is 24.4 Å². The first-order chi connectivity index (χ1) is 14.4. The quantitative estimate of drug-likeness (QED) is 0.647. The van der Waals surface area contributed by atoms with Crippen molar-refractivity contribution in [2.24, 2.45) is 12.8 Å². The van der Waals surface area contributed by atoms with E-state index in [4.69, 9.17) is 20.9 Å². The Bertz CT molecular complexity index is 1150. The lowest BCUT2D eigenvalue weighted by Gasteiger charge is -2.34. The molecule has 3 N–H and O–H groups in total. The number of nitrogens with two attached hydrogens (primary N) is 1. The molecule has 8 heteroatoms. The van der Waals surface area contributed by atoms with Crippen LogP contribution in [0.25, 0.3) is 27.7 Å². The summed E-state index contributed by atoms with van der Waals surface area (Å²) in [5.74, 6) is 0.868. The van der Waals surface area contributed by atoms with Gasteiger partial charge in [0.05, 0.1) is 30.6 Å². The van der Waals surface area contributed by atoms with Crippen LogP contribution in [-0.2, 0) is 11.8 Å². The molecule has 30 heavy (non-hydrogen) atoms. The lowest BCUT2D eigenvalue weighted by Crippen LogP contribution is -2.44. The number of pyridine rings is 2. The highest BCUT2D eigenvalue weighted by Gasteiger charge is 2.24. The summed E-state index contributed by atoms with van der Waals surface area (Å²) in [5, 5.41) is 13.0. The minimum atomic E-state index is 0.210. The maximum Gasteiger partial charge on any atom is 0.130 e. The number of nitrogens with one attached hydrogen (secondary N) is 1. The van der Waals surface area contributed by atoms with E-state index >= 15 is 0 Å². The van der Waals surface area contributed by atoms with Gasteiger partial charge in [-0.1, -0.05) is 0 Å². The van der Waals surface area contributed by atoms with Gasteiger partial charge < -0.3 is 20.8 Å². The molecule has 0 aromatic carbocycles. The Morgan fingerprint density at radius 1 is 1.37 bits per heavy atom. The zero-order valence-corrected chi connectivity index (χ0v) is 17.8. The summed E-state index contributed by atoms with van der Waals surface area (Å²) in [6.45, 7) is 8.33. The van der Waals surface area contributed by atoms with E-state index in [0.717, 1.165) is 45.8 Å². The molecule has 1 saturated heterocycles. The van der Waals surface area contributed by atoms with E-state index in [1.807, 2.05) is 24.7 Å². The number of anilines is 1. The zero-order chi connectivity index (χ0) is 21.4. The number of fused-ring (bicyclic) bond motifs is 1. The summed E-state index contributed by atoms with van der Waals surface area (Å²) in [6.07, 6.45) is 4.44. The molecule has 4 heterocycles. The van der Waals surface area contributed by atoms with Crippen molar-refractivity contribution in [1.82, 2.24) is 19.7 Å². The lowest BCUT2D eigenvalue weighted by atomic mass is 9.98. The maximum atomic E-state index is 7.39. The molecule has 3 aromatic heterocycles. The highest BCUT2D eigenvalue weighted by molar-refractivity contribution is 6.01. The predicted octanol–water partition coefficient (Wildman–Crippen LogP) is 2.82. The summed E-state index contributed by atoms with van der Waals surface area (Å²) in [6, 6.07) is 4.32. The first kappa shape index (κ1) is 20.0. The van der Waals surface area contributed by atoms with Crippen molar-refractivity contribution >= 4 is 28.6 Å². The molecule has 156 valence electrons. The Kier molecular flexibility index (Phi) is 5.26. The van der Waals surface area contributed by atoms with Crippen LogP contribution < -0.4 is 10.6 Å². The van der Waals surface area contributed by atoms with Gasteiger partial charge in [-0.05, 0) is 44.5 Å². The molecular formula is C22H27N7O. The number of aromatic nitrogens is 4. The molecule has 0 bridgehead atoms. The molecule has 0 spiro atoms. The Hall–Kier alpha value is -3.26. The topological polar surface area (TPSA) is 106 Å². The van der Waals surface area contributed by atoms with Crippen molar-refractivity contribution in [2.45, 2.75) is 26.8 Å². The normalized spacial score (nSPS) is 17.5. The third-order valence-corrected chi connectivity index (χ3v) is 5.69. The Labute approximate surface area is 175 Å².